The minimum atomic E-state index is 0.538. The van der Waals surface area contributed by atoms with Gasteiger partial charge in [0.2, 0.25) is 0 Å². The second-order valence-corrected chi connectivity index (χ2v) is 2.77. The van der Waals surface area contributed by atoms with Gasteiger partial charge in [0.15, 0.2) is 0 Å². The van der Waals surface area contributed by atoms with Crippen molar-refractivity contribution in [3.8, 4) is 0 Å². The van der Waals surface area contributed by atoms with E-state index in [-0.39, 0.29) is 0 Å². The molecule has 59 valence electrons. The zero-order valence-electron chi connectivity index (χ0n) is 7.27. The molecule has 10 heavy (non-hydrogen) atoms. The van der Waals surface area contributed by atoms with Crippen molar-refractivity contribution in [1.82, 2.24) is 0 Å². The third-order valence-corrected chi connectivity index (χ3v) is 1.52. The number of hydrogen-bond donors (Lipinski definition) is 0. The number of unbranched alkanes of at least 4 members (excludes halogenated alkanes) is 1. The van der Waals surface area contributed by atoms with E-state index >= 15 is 0 Å². The molecule has 0 spiro atoms. The highest BCUT2D eigenvalue weighted by Gasteiger charge is 1.91. The summed E-state index contributed by atoms with van der Waals surface area (Å²) < 4.78 is 0. The molecule has 0 heterocycles. The van der Waals surface area contributed by atoms with Crippen LogP contribution in [0.25, 0.3) is 0 Å². The van der Waals surface area contributed by atoms with Crippen molar-refractivity contribution < 1.29 is 0 Å². The van der Waals surface area contributed by atoms with E-state index in [1.165, 1.54) is 25.7 Å². The zero-order chi connectivity index (χ0) is 7.82. The summed E-state index contributed by atoms with van der Waals surface area (Å²) in [6.07, 6.45) is 9.39. The molecule has 0 aromatic rings. The molecule has 0 aromatic carbocycles. The average Bonchev–Trinajstić information content (AvgIpc) is 1.89. The van der Waals surface area contributed by atoms with Crippen molar-refractivity contribution >= 4 is 0 Å². The highest BCUT2D eigenvalue weighted by Crippen LogP contribution is 2.06. The van der Waals surface area contributed by atoms with Crippen LogP contribution in [0.4, 0.5) is 0 Å². The lowest BCUT2D eigenvalue weighted by Gasteiger charge is -2.00. The van der Waals surface area contributed by atoms with E-state index < -0.39 is 0 Å². The summed E-state index contributed by atoms with van der Waals surface area (Å²) in [4.78, 5) is 0. The quantitative estimate of drug-likeness (QED) is 0.510. The molecule has 0 aliphatic heterocycles. The van der Waals surface area contributed by atoms with Crippen LogP contribution in [0.15, 0.2) is 12.2 Å². The summed E-state index contributed by atoms with van der Waals surface area (Å²) in [5, 5.41) is 0. The second kappa shape index (κ2) is 6.85. The van der Waals surface area contributed by atoms with Gasteiger partial charge < -0.3 is 0 Å². The predicted molar refractivity (Wildman–Crippen MR) is 47.8 cm³/mol. The molecule has 0 saturated heterocycles. The topological polar surface area (TPSA) is 0 Å². The Bertz CT molecular complexity index is 82.0. The zero-order valence-corrected chi connectivity index (χ0v) is 7.27. The molecule has 0 rings (SSSR count). The Labute approximate surface area is 65.3 Å². The van der Waals surface area contributed by atoms with Gasteiger partial charge in [-0.3, -0.25) is 0 Å². The van der Waals surface area contributed by atoms with Crippen molar-refractivity contribution in [2.75, 3.05) is 0 Å². The first-order chi connectivity index (χ1) is 4.81. The molecule has 0 aliphatic carbocycles. The molecule has 0 saturated carbocycles. The monoisotopic (exact) mass is 139 g/mol. The van der Waals surface area contributed by atoms with Crippen molar-refractivity contribution in [2.45, 2.75) is 39.5 Å². The second-order valence-electron chi connectivity index (χ2n) is 2.77. The summed E-state index contributed by atoms with van der Waals surface area (Å²) in [6.45, 7) is 8.41. The maximum absolute atomic E-state index is 4.01. The average molecular weight is 139 g/mol. The first kappa shape index (κ1) is 9.74. The SMILES string of the molecule is [CH2]C(C=CCCC)CCC. The number of rotatable bonds is 5. The molecular formula is C10H19. The van der Waals surface area contributed by atoms with Gasteiger partial charge in [0.25, 0.3) is 0 Å². The van der Waals surface area contributed by atoms with E-state index in [9.17, 15) is 0 Å². The minimum Gasteiger partial charge on any atom is -0.0883 e. The van der Waals surface area contributed by atoms with Gasteiger partial charge in [-0.25, -0.2) is 0 Å². The predicted octanol–water partition coefficient (Wildman–Crippen LogP) is 3.59. The Balaban J connectivity index is 3.26. The first-order valence-electron chi connectivity index (χ1n) is 4.31. The Morgan fingerprint density at radius 3 is 2.50 bits per heavy atom. The minimum absolute atomic E-state index is 0.538. The molecular weight excluding hydrogens is 120 g/mol. The summed E-state index contributed by atoms with van der Waals surface area (Å²) in [5.74, 6) is 0.538. The van der Waals surface area contributed by atoms with Crippen molar-refractivity contribution in [2.24, 2.45) is 5.92 Å². The fraction of sp³-hybridized carbons (Fsp3) is 0.700. The Morgan fingerprint density at radius 1 is 1.30 bits per heavy atom. The fourth-order valence-electron chi connectivity index (χ4n) is 0.922. The first-order valence-corrected chi connectivity index (χ1v) is 4.31. The molecule has 0 aromatic heterocycles. The standard InChI is InChI=1S/C10H19/c1-4-6-7-9-10(3)8-5-2/h7,9-10H,3-6,8H2,1-2H3. The molecule has 0 aliphatic rings. The lowest BCUT2D eigenvalue weighted by atomic mass is 10.1. The van der Waals surface area contributed by atoms with Gasteiger partial charge in [0.1, 0.15) is 0 Å². The molecule has 1 unspecified atom stereocenters. The van der Waals surface area contributed by atoms with E-state index in [1.54, 1.807) is 0 Å². The van der Waals surface area contributed by atoms with Crippen LogP contribution in [0.2, 0.25) is 0 Å². The van der Waals surface area contributed by atoms with Crippen LogP contribution in [0, 0.1) is 12.8 Å². The van der Waals surface area contributed by atoms with Gasteiger partial charge in [-0.1, -0.05) is 38.8 Å². The summed E-state index contributed by atoms with van der Waals surface area (Å²) in [6, 6.07) is 0. The van der Waals surface area contributed by atoms with Crippen LogP contribution in [-0.2, 0) is 0 Å². The van der Waals surface area contributed by atoms with Gasteiger partial charge in [0, 0.05) is 0 Å². The number of allylic oxidation sites excluding steroid dienone is 2. The van der Waals surface area contributed by atoms with Gasteiger partial charge in [-0.2, -0.15) is 0 Å². The molecule has 0 fully saturated rings. The Hall–Kier alpha value is -0.260. The largest absolute Gasteiger partial charge is 0.0883 e. The lowest BCUT2D eigenvalue weighted by molar-refractivity contribution is 0.684. The molecule has 0 amide bonds. The van der Waals surface area contributed by atoms with Crippen LogP contribution in [-0.4, -0.2) is 0 Å². The Kier molecular flexibility index (Phi) is 6.68. The normalized spacial score (nSPS) is 14.3. The van der Waals surface area contributed by atoms with Crippen LogP contribution in [0.5, 0.6) is 0 Å². The molecule has 1 atom stereocenters. The van der Waals surface area contributed by atoms with Crippen LogP contribution in [0.1, 0.15) is 39.5 Å². The smallest absolute Gasteiger partial charge is 0.0233 e. The van der Waals surface area contributed by atoms with Crippen LogP contribution >= 0.6 is 0 Å². The van der Waals surface area contributed by atoms with E-state index in [0.717, 1.165) is 0 Å². The summed E-state index contributed by atoms with van der Waals surface area (Å²) in [5.41, 5.74) is 0. The molecule has 0 N–H and O–H groups in total. The Morgan fingerprint density at radius 2 is 2.00 bits per heavy atom. The van der Waals surface area contributed by atoms with Crippen LogP contribution < -0.4 is 0 Å². The molecule has 0 nitrogen and oxygen atoms in total. The van der Waals surface area contributed by atoms with Crippen molar-refractivity contribution in [3.63, 3.8) is 0 Å². The molecule has 1 radical (unpaired) electrons. The summed E-state index contributed by atoms with van der Waals surface area (Å²) in [7, 11) is 0. The maximum Gasteiger partial charge on any atom is -0.0233 e. The highest BCUT2D eigenvalue weighted by molar-refractivity contribution is 4.89. The highest BCUT2D eigenvalue weighted by atomic mass is 14.0. The van der Waals surface area contributed by atoms with Crippen molar-refractivity contribution in [3.05, 3.63) is 19.1 Å². The van der Waals surface area contributed by atoms with E-state index in [0.29, 0.717) is 5.92 Å². The third-order valence-electron chi connectivity index (χ3n) is 1.52. The van der Waals surface area contributed by atoms with E-state index in [2.05, 4.69) is 32.9 Å². The van der Waals surface area contributed by atoms with E-state index in [1.807, 2.05) is 0 Å². The third kappa shape index (κ3) is 5.87. The summed E-state index contributed by atoms with van der Waals surface area (Å²) >= 11 is 0. The van der Waals surface area contributed by atoms with Crippen LogP contribution in [0.3, 0.4) is 0 Å². The van der Waals surface area contributed by atoms with Gasteiger partial charge in [-0.05, 0) is 25.7 Å². The number of hydrogen-bond acceptors (Lipinski definition) is 0. The van der Waals surface area contributed by atoms with Gasteiger partial charge in [0.05, 0.1) is 0 Å². The lowest BCUT2D eigenvalue weighted by Crippen LogP contribution is -1.87. The molecule has 0 heteroatoms. The van der Waals surface area contributed by atoms with Crippen molar-refractivity contribution in [1.29, 1.82) is 0 Å². The van der Waals surface area contributed by atoms with Gasteiger partial charge in [-0.15, -0.1) is 0 Å². The maximum atomic E-state index is 4.01. The fourth-order valence-corrected chi connectivity index (χ4v) is 0.922. The molecule has 0 bridgehead atoms. The van der Waals surface area contributed by atoms with Gasteiger partial charge >= 0.3 is 0 Å². The van der Waals surface area contributed by atoms with E-state index in [4.69, 9.17) is 0 Å².